The van der Waals surface area contributed by atoms with Crippen LogP contribution >= 0.6 is 0 Å². The fraction of sp³-hybridized carbons (Fsp3) is 0.909. The maximum absolute atomic E-state index is 11.5. The Hall–Kier alpha value is -0.370. The molecule has 0 aromatic rings. The van der Waals surface area contributed by atoms with E-state index in [-0.39, 0.29) is 5.54 Å². The molecule has 1 aliphatic carbocycles. The summed E-state index contributed by atoms with van der Waals surface area (Å²) in [4.78, 5) is 13.9. The lowest BCUT2D eigenvalue weighted by Crippen LogP contribution is -2.53. The van der Waals surface area contributed by atoms with Crippen molar-refractivity contribution in [2.75, 3.05) is 13.6 Å². The zero-order valence-corrected chi connectivity index (χ0v) is 8.51. The van der Waals surface area contributed by atoms with Crippen LogP contribution in [0.3, 0.4) is 0 Å². The van der Waals surface area contributed by atoms with E-state index in [0.717, 1.165) is 19.4 Å². The molecule has 0 amide bonds. The van der Waals surface area contributed by atoms with Crippen molar-refractivity contribution in [3.8, 4) is 0 Å². The molecule has 0 aromatic heterocycles. The van der Waals surface area contributed by atoms with E-state index in [1.807, 2.05) is 0 Å². The number of ketones is 1. The molecule has 1 saturated carbocycles. The third-order valence-electron chi connectivity index (χ3n) is 3.85. The molecule has 1 aliphatic heterocycles. The van der Waals surface area contributed by atoms with Crippen LogP contribution in [0.5, 0.6) is 0 Å². The zero-order valence-electron chi connectivity index (χ0n) is 8.51. The van der Waals surface area contributed by atoms with Crippen molar-refractivity contribution in [2.45, 2.75) is 50.5 Å². The van der Waals surface area contributed by atoms with Gasteiger partial charge < -0.3 is 0 Å². The predicted octanol–water partition coefficient (Wildman–Crippen LogP) is 1.98. The molecule has 0 aromatic carbocycles. The summed E-state index contributed by atoms with van der Waals surface area (Å²) < 4.78 is 0. The fourth-order valence-electron chi connectivity index (χ4n) is 2.89. The summed E-state index contributed by atoms with van der Waals surface area (Å²) in [7, 11) is 2.19. The first kappa shape index (κ1) is 9.20. The van der Waals surface area contributed by atoms with E-state index in [2.05, 4.69) is 11.9 Å². The van der Waals surface area contributed by atoms with Gasteiger partial charge in [0.25, 0.3) is 0 Å². The average molecular weight is 181 g/mol. The van der Waals surface area contributed by atoms with Crippen LogP contribution in [0.25, 0.3) is 0 Å². The molecule has 0 unspecified atom stereocenters. The Morgan fingerprint density at radius 2 is 1.92 bits per heavy atom. The van der Waals surface area contributed by atoms with Crippen molar-refractivity contribution in [3.05, 3.63) is 0 Å². The Morgan fingerprint density at radius 3 is 2.62 bits per heavy atom. The van der Waals surface area contributed by atoms with Crippen molar-refractivity contribution in [2.24, 2.45) is 0 Å². The second-order valence-corrected chi connectivity index (χ2v) is 4.67. The highest BCUT2D eigenvalue weighted by molar-refractivity contribution is 5.80. The van der Waals surface area contributed by atoms with Crippen LogP contribution < -0.4 is 0 Å². The van der Waals surface area contributed by atoms with Gasteiger partial charge in [0.1, 0.15) is 5.78 Å². The predicted molar refractivity (Wildman–Crippen MR) is 52.7 cm³/mol. The van der Waals surface area contributed by atoms with E-state index < -0.39 is 0 Å². The van der Waals surface area contributed by atoms with E-state index in [1.165, 1.54) is 32.1 Å². The van der Waals surface area contributed by atoms with Gasteiger partial charge >= 0.3 is 0 Å². The normalized spacial score (nSPS) is 29.5. The van der Waals surface area contributed by atoms with E-state index in [0.29, 0.717) is 5.78 Å². The van der Waals surface area contributed by atoms with Gasteiger partial charge in [-0.25, -0.2) is 0 Å². The Bertz CT molecular complexity index is 206. The van der Waals surface area contributed by atoms with Gasteiger partial charge in [-0.1, -0.05) is 19.3 Å². The Morgan fingerprint density at radius 1 is 1.23 bits per heavy atom. The molecule has 2 heteroatoms. The summed E-state index contributed by atoms with van der Waals surface area (Å²) in [6.45, 7) is 0.985. The van der Waals surface area contributed by atoms with Crippen LogP contribution in [0.15, 0.2) is 0 Å². The number of likely N-dealkylation sites (tertiary alicyclic amines) is 1. The molecule has 0 atom stereocenters. The highest BCUT2D eigenvalue weighted by atomic mass is 16.1. The first-order chi connectivity index (χ1) is 6.23. The van der Waals surface area contributed by atoms with Crippen molar-refractivity contribution in [1.82, 2.24) is 4.90 Å². The molecule has 2 rings (SSSR count). The topological polar surface area (TPSA) is 20.3 Å². The summed E-state index contributed by atoms with van der Waals surface area (Å²) >= 11 is 0. The largest absolute Gasteiger partial charge is 0.300 e. The molecule has 13 heavy (non-hydrogen) atoms. The molecule has 0 radical (unpaired) electrons. The van der Waals surface area contributed by atoms with Crippen LogP contribution in [0.4, 0.5) is 0 Å². The number of nitrogens with zero attached hydrogens (tertiary/aromatic N) is 1. The SMILES string of the molecule is CN1CCC(=O)CC12CCCCC2. The minimum atomic E-state index is 0.271. The van der Waals surface area contributed by atoms with Gasteiger partial charge in [-0.2, -0.15) is 0 Å². The van der Waals surface area contributed by atoms with Crippen LogP contribution in [-0.4, -0.2) is 29.8 Å². The average Bonchev–Trinajstić information content (AvgIpc) is 2.14. The van der Waals surface area contributed by atoms with E-state index in [4.69, 9.17) is 0 Å². The number of hydrogen-bond donors (Lipinski definition) is 0. The number of Topliss-reactive ketones (excluding diaryl/α,β-unsaturated/α-hetero) is 1. The third-order valence-corrected chi connectivity index (χ3v) is 3.85. The lowest BCUT2D eigenvalue weighted by molar-refractivity contribution is -0.127. The highest BCUT2D eigenvalue weighted by Gasteiger charge is 2.40. The second kappa shape index (κ2) is 3.41. The van der Waals surface area contributed by atoms with Gasteiger partial charge in [-0.15, -0.1) is 0 Å². The van der Waals surface area contributed by atoms with E-state index in [1.54, 1.807) is 0 Å². The summed E-state index contributed by atoms with van der Waals surface area (Å²) in [6, 6.07) is 0. The molecule has 74 valence electrons. The zero-order chi connectivity index (χ0) is 9.31. The summed E-state index contributed by atoms with van der Waals surface area (Å²) in [5.41, 5.74) is 0.271. The minimum Gasteiger partial charge on any atom is -0.300 e. The number of rotatable bonds is 0. The van der Waals surface area contributed by atoms with Crippen LogP contribution in [-0.2, 0) is 4.79 Å². The minimum absolute atomic E-state index is 0.271. The number of carbonyl (C=O) groups is 1. The van der Waals surface area contributed by atoms with E-state index >= 15 is 0 Å². The first-order valence-corrected chi connectivity index (χ1v) is 5.46. The maximum atomic E-state index is 11.5. The smallest absolute Gasteiger partial charge is 0.136 e. The molecule has 2 aliphatic rings. The second-order valence-electron chi connectivity index (χ2n) is 4.67. The van der Waals surface area contributed by atoms with Crippen LogP contribution in [0.2, 0.25) is 0 Å². The molecular weight excluding hydrogens is 162 g/mol. The Labute approximate surface area is 80.3 Å². The quantitative estimate of drug-likeness (QED) is 0.569. The lowest BCUT2D eigenvalue weighted by Gasteiger charge is -2.47. The number of piperidine rings is 1. The van der Waals surface area contributed by atoms with Gasteiger partial charge in [-0.3, -0.25) is 9.69 Å². The van der Waals surface area contributed by atoms with Gasteiger partial charge in [0.15, 0.2) is 0 Å². The number of carbonyl (C=O) groups excluding carboxylic acids is 1. The molecule has 2 nitrogen and oxygen atoms in total. The standard InChI is InChI=1S/C11H19NO/c1-12-8-5-10(13)9-11(12)6-3-2-4-7-11/h2-9H2,1H3. The molecule has 1 saturated heterocycles. The van der Waals surface area contributed by atoms with Gasteiger partial charge in [0.05, 0.1) is 0 Å². The highest BCUT2D eigenvalue weighted by Crippen LogP contribution is 2.38. The van der Waals surface area contributed by atoms with Gasteiger partial charge in [0.2, 0.25) is 0 Å². The molecular formula is C11H19NO. The number of hydrogen-bond acceptors (Lipinski definition) is 2. The molecule has 0 N–H and O–H groups in total. The van der Waals surface area contributed by atoms with Crippen LogP contribution in [0.1, 0.15) is 44.9 Å². The lowest BCUT2D eigenvalue weighted by atomic mass is 9.75. The third kappa shape index (κ3) is 1.64. The fourth-order valence-corrected chi connectivity index (χ4v) is 2.89. The monoisotopic (exact) mass is 181 g/mol. The first-order valence-electron chi connectivity index (χ1n) is 5.46. The van der Waals surface area contributed by atoms with Crippen molar-refractivity contribution < 1.29 is 4.79 Å². The molecule has 0 bridgehead atoms. The maximum Gasteiger partial charge on any atom is 0.136 e. The van der Waals surface area contributed by atoms with Crippen molar-refractivity contribution >= 4 is 5.78 Å². The Balaban J connectivity index is 2.11. The van der Waals surface area contributed by atoms with Gasteiger partial charge in [0, 0.05) is 24.9 Å². The summed E-state index contributed by atoms with van der Waals surface area (Å²) in [5, 5.41) is 0. The van der Waals surface area contributed by atoms with Crippen molar-refractivity contribution in [1.29, 1.82) is 0 Å². The van der Waals surface area contributed by atoms with Gasteiger partial charge in [-0.05, 0) is 19.9 Å². The Kier molecular flexibility index (Phi) is 2.41. The molecule has 1 heterocycles. The van der Waals surface area contributed by atoms with Crippen molar-refractivity contribution in [3.63, 3.8) is 0 Å². The van der Waals surface area contributed by atoms with E-state index in [9.17, 15) is 4.79 Å². The molecule has 2 fully saturated rings. The molecule has 1 spiro atoms. The summed E-state index contributed by atoms with van der Waals surface area (Å²) in [5.74, 6) is 0.486. The summed E-state index contributed by atoms with van der Waals surface area (Å²) in [6.07, 6.45) is 8.09. The van der Waals surface area contributed by atoms with Crippen LogP contribution in [0, 0.1) is 0 Å².